The van der Waals surface area contributed by atoms with Gasteiger partial charge in [0.05, 0.1) is 5.25 Å². The lowest BCUT2D eigenvalue weighted by Crippen LogP contribution is -2.29. The summed E-state index contributed by atoms with van der Waals surface area (Å²) in [5.41, 5.74) is 7.70. The highest BCUT2D eigenvalue weighted by atomic mass is 32.2. The first-order valence-electron chi connectivity index (χ1n) is 6.13. The minimum absolute atomic E-state index is 0.493. The van der Waals surface area contributed by atoms with Crippen LogP contribution in [0.2, 0.25) is 0 Å². The lowest BCUT2D eigenvalue weighted by molar-refractivity contribution is -0.113. The Morgan fingerprint density at radius 2 is 2.05 bits per heavy atom. The highest BCUT2D eigenvalue weighted by Gasteiger charge is 2.22. The maximum absolute atomic E-state index is 11.8. The molecule has 106 valence electrons. The molecule has 1 rings (SSSR count). The van der Waals surface area contributed by atoms with Gasteiger partial charge in [-0.25, -0.2) is 8.42 Å². The third kappa shape index (κ3) is 4.24. The molecule has 0 saturated heterocycles. The van der Waals surface area contributed by atoms with Crippen molar-refractivity contribution in [3.63, 3.8) is 0 Å². The number of sulfone groups is 1. The van der Waals surface area contributed by atoms with Gasteiger partial charge in [-0.2, -0.15) is 0 Å². The molecular weight excluding hydrogens is 264 g/mol. The number of nitrogens with two attached hydrogens (primary N) is 1. The minimum atomic E-state index is -3.39. The molecule has 19 heavy (non-hydrogen) atoms. The standard InChI is InChI=1S/C13H20N2O3S/c1-4-10(3)19(17,18)8-13(16)15-11-6-5-9(2)12(14)7-11/h5-7,10H,4,8,14H2,1-3H3,(H,15,16). The van der Waals surface area contributed by atoms with Gasteiger partial charge in [0.15, 0.2) is 9.84 Å². The van der Waals surface area contributed by atoms with Crippen LogP contribution >= 0.6 is 0 Å². The van der Waals surface area contributed by atoms with E-state index in [1.54, 1.807) is 32.0 Å². The Morgan fingerprint density at radius 3 is 2.58 bits per heavy atom. The monoisotopic (exact) mass is 284 g/mol. The zero-order chi connectivity index (χ0) is 14.6. The van der Waals surface area contributed by atoms with Crippen LogP contribution in [0.5, 0.6) is 0 Å². The van der Waals surface area contributed by atoms with Crippen LogP contribution < -0.4 is 11.1 Å². The zero-order valence-electron chi connectivity index (χ0n) is 11.4. The van der Waals surface area contributed by atoms with Crippen LogP contribution in [0, 0.1) is 6.92 Å². The first kappa shape index (κ1) is 15.5. The van der Waals surface area contributed by atoms with Gasteiger partial charge in [-0.3, -0.25) is 4.79 Å². The second-order valence-corrected chi connectivity index (χ2v) is 7.06. The van der Waals surface area contributed by atoms with Crippen molar-refractivity contribution in [1.82, 2.24) is 0 Å². The molecule has 0 heterocycles. The Kier molecular flexibility index (Phi) is 4.94. The van der Waals surface area contributed by atoms with E-state index in [9.17, 15) is 13.2 Å². The van der Waals surface area contributed by atoms with Crippen molar-refractivity contribution in [2.24, 2.45) is 0 Å². The van der Waals surface area contributed by atoms with Gasteiger partial charge in [0.2, 0.25) is 5.91 Å². The Bertz CT molecular complexity index is 567. The molecule has 5 nitrogen and oxygen atoms in total. The molecule has 1 unspecified atom stereocenters. The number of benzene rings is 1. The van der Waals surface area contributed by atoms with Crippen molar-refractivity contribution in [3.05, 3.63) is 23.8 Å². The van der Waals surface area contributed by atoms with Gasteiger partial charge in [0.25, 0.3) is 0 Å². The molecule has 0 aliphatic carbocycles. The van der Waals surface area contributed by atoms with E-state index < -0.39 is 26.7 Å². The largest absolute Gasteiger partial charge is 0.398 e. The minimum Gasteiger partial charge on any atom is -0.398 e. The summed E-state index contributed by atoms with van der Waals surface area (Å²) in [5, 5.41) is 2.03. The normalized spacial score (nSPS) is 13.0. The van der Waals surface area contributed by atoms with Gasteiger partial charge in [0.1, 0.15) is 5.75 Å². The van der Waals surface area contributed by atoms with Gasteiger partial charge in [-0.1, -0.05) is 13.0 Å². The fraction of sp³-hybridized carbons (Fsp3) is 0.462. The molecule has 0 radical (unpaired) electrons. The van der Waals surface area contributed by atoms with Crippen LogP contribution in [0.25, 0.3) is 0 Å². The van der Waals surface area contributed by atoms with Crippen molar-refractivity contribution < 1.29 is 13.2 Å². The lowest BCUT2D eigenvalue weighted by atomic mass is 10.2. The third-order valence-corrected chi connectivity index (χ3v) is 5.31. The number of hydrogen-bond acceptors (Lipinski definition) is 4. The van der Waals surface area contributed by atoms with Gasteiger partial charge in [-0.15, -0.1) is 0 Å². The summed E-state index contributed by atoms with van der Waals surface area (Å²) in [6.07, 6.45) is 0.493. The summed E-state index contributed by atoms with van der Waals surface area (Å²) < 4.78 is 23.6. The molecule has 3 N–H and O–H groups in total. The molecular formula is C13H20N2O3S. The molecule has 1 atom stereocenters. The molecule has 1 aromatic carbocycles. The van der Waals surface area contributed by atoms with Crippen LogP contribution in [0.1, 0.15) is 25.8 Å². The number of nitrogen functional groups attached to an aromatic ring is 1. The summed E-state index contributed by atoms with van der Waals surface area (Å²) in [7, 11) is -3.39. The van der Waals surface area contributed by atoms with E-state index in [0.717, 1.165) is 5.56 Å². The predicted molar refractivity (Wildman–Crippen MR) is 77.8 cm³/mol. The van der Waals surface area contributed by atoms with Gasteiger partial charge in [-0.05, 0) is 38.0 Å². The van der Waals surface area contributed by atoms with E-state index in [1.165, 1.54) is 0 Å². The van der Waals surface area contributed by atoms with Crippen molar-refractivity contribution in [1.29, 1.82) is 0 Å². The second-order valence-electron chi connectivity index (χ2n) is 4.65. The fourth-order valence-corrected chi connectivity index (χ4v) is 2.72. The summed E-state index contributed by atoms with van der Waals surface area (Å²) in [4.78, 5) is 11.7. The van der Waals surface area contributed by atoms with Crippen LogP contribution in [-0.4, -0.2) is 25.3 Å². The number of hydrogen-bond donors (Lipinski definition) is 2. The topological polar surface area (TPSA) is 89.3 Å². The zero-order valence-corrected chi connectivity index (χ0v) is 12.3. The van der Waals surface area contributed by atoms with Crippen LogP contribution in [-0.2, 0) is 14.6 Å². The highest BCUT2D eigenvalue weighted by molar-refractivity contribution is 7.92. The number of nitrogens with one attached hydrogen (secondary N) is 1. The highest BCUT2D eigenvalue weighted by Crippen LogP contribution is 2.17. The number of carbonyl (C=O) groups excluding carboxylic acids is 1. The van der Waals surface area contributed by atoms with Crippen molar-refractivity contribution >= 4 is 27.1 Å². The molecule has 0 aliphatic heterocycles. The lowest BCUT2D eigenvalue weighted by Gasteiger charge is -2.11. The molecule has 1 amide bonds. The van der Waals surface area contributed by atoms with E-state index in [0.29, 0.717) is 17.8 Å². The van der Waals surface area contributed by atoms with E-state index in [-0.39, 0.29) is 0 Å². The number of amides is 1. The van der Waals surface area contributed by atoms with E-state index >= 15 is 0 Å². The summed E-state index contributed by atoms with van der Waals surface area (Å²) in [6, 6.07) is 5.08. The molecule has 0 spiro atoms. The number of carbonyl (C=O) groups is 1. The molecule has 0 aliphatic rings. The van der Waals surface area contributed by atoms with Crippen LogP contribution in [0.3, 0.4) is 0 Å². The SMILES string of the molecule is CCC(C)S(=O)(=O)CC(=O)Nc1ccc(C)c(N)c1. The second kappa shape index (κ2) is 6.06. The Labute approximate surface area is 114 Å². The van der Waals surface area contributed by atoms with Gasteiger partial charge in [0, 0.05) is 11.4 Å². The molecule has 0 saturated carbocycles. The summed E-state index contributed by atoms with van der Waals surface area (Å²) in [5.74, 6) is -1.04. The van der Waals surface area contributed by atoms with Crippen LogP contribution in [0.4, 0.5) is 11.4 Å². The first-order chi connectivity index (χ1) is 8.76. The molecule has 0 bridgehead atoms. The van der Waals surface area contributed by atoms with E-state index in [2.05, 4.69) is 5.32 Å². The molecule has 0 fully saturated rings. The van der Waals surface area contributed by atoms with Crippen molar-refractivity contribution in [2.45, 2.75) is 32.4 Å². The summed E-state index contributed by atoms with van der Waals surface area (Å²) in [6.45, 7) is 5.24. The molecule has 0 aromatic heterocycles. The Morgan fingerprint density at radius 1 is 1.42 bits per heavy atom. The number of anilines is 2. The maximum Gasteiger partial charge on any atom is 0.239 e. The summed E-state index contributed by atoms with van der Waals surface area (Å²) >= 11 is 0. The van der Waals surface area contributed by atoms with Crippen molar-refractivity contribution in [2.75, 3.05) is 16.8 Å². The average molecular weight is 284 g/mol. The van der Waals surface area contributed by atoms with E-state index in [4.69, 9.17) is 5.73 Å². The van der Waals surface area contributed by atoms with Crippen molar-refractivity contribution in [3.8, 4) is 0 Å². The molecule has 6 heteroatoms. The van der Waals surface area contributed by atoms with Crippen LogP contribution in [0.15, 0.2) is 18.2 Å². The predicted octanol–water partition coefficient (Wildman–Crippen LogP) is 1.73. The van der Waals surface area contributed by atoms with Gasteiger partial charge >= 0.3 is 0 Å². The Hall–Kier alpha value is -1.56. The first-order valence-corrected chi connectivity index (χ1v) is 7.85. The number of aryl methyl sites for hydroxylation is 1. The smallest absolute Gasteiger partial charge is 0.239 e. The van der Waals surface area contributed by atoms with Gasteiger partial charge < -0.3 is 11.1 Å². The number of rotatable bonds is 5. The average Bonchev–Trinajstić information content (AvgIpc) is 2.32. The maximum atomic E-state index is 11.8. The molecule has 1 aromatic rings. The van der Waals surface area contributed by atoms with E-state index in [1.807, 2.05) is 6.92 Å². The Balaban J connectivity index is 2.73. The fourth-order valence-electron chi connectivity index (χ4n) is 1.49. The quantitative estimate of drug-likeness (QED) is 0.806. The third-order valence-electron chi connectivity index (χ3n) is 3.08.